The van der Waals surface area contributed by atoms with Crippen LogP contribution in [0.2, 0.25) is 0 Å². The molecule has 19 heavy (non-hydrogen) atoms. The summed E-state index contributed by atoms with van der Waals surface area (Å²) in [5, 5.41) is 13.0. The molecule has 2 heterocycles. The maximum Gasteiger partial charge on any atom is 0.326 e. The number of aryl methyl sites for hydroxylation is 2. The highest BCUT2D eigenvalue weighted by Gasteiger charge is 2.32. The van der Waals surface area contributed by atoms with E-state index in [4.69, 9.17) is 9.63 Å². The molecule has 1 aliphatic heterocycles. The van der Waals surface area contributed by atoms with Gasteiger partial charge in [0.25, 0.3) is 0 Å². The lowest BCUT2D eigenvalue weighted by Gasteiger charge is -2.33. The zero-order valence-corrected chi connectivity index (χ0v) is 11.2. The standard InChI is InChI=1S/C13H18N2O4/c1-8-10(9(2)19-14-8)7-12(16)15-6-4-3-5-11(15)13(17)18/h11H,3-7H2,1-2H3,(H,17,18)/t11-/m1/s1. The molecule has 0 saturated carbocycles. The van der Waals surface area contributed by atoms with E-state index < -0.39 is 12.0 Å². The first-order chi connectivity index (χ1) is 9.00. The molecular weight excluding hydrogens is 248 g/mol. The lowest BCUT2D eigenvalue weighted by atomic mass is 10.0. The van der Waals surface area contributed by atoms with E-state index in [1.54, 1.807) is 13.8 Å². The number of rotatable bonds is 3. The molecule has 1 aromatic heterocycles. The number of carboxylic acid groups (broad SMARTS) is 1. The second-order valence-corrected chi connectivity index (χ2v) is 4.92. The van der Waals surface area contributed by atoms with Crippen LogP contribution in [-0.2, 0) is 16.0 Å². The monoisotopic (exact) mass is 266 g/mol. The first kappa shape index (κ1) is 13.6. The van der Waals surface area contributed by atoms with Crippen molar-refractivity contribution in [2.75, 3.05) is 6.54 Å². The maximum absolute atomic E-state index is 12.3. The number of amides is 1. The Morgan fingerprint density at radius 1 is 1.42 bits per heavy atom. The van der Waals surface area contributed by atoms with Crippen LogP contribution in [-0.4, -0.2) is 39.6 Å². The Bertz CT molecular complexity index is 475. The van der Waals surface area contributed by atoms with Crippen LogP contribution in [0.1, 0.15) is 36.3 Å². The average molecular weight is 266 g/mol. The van der Waals surface area contributed by atoms with Crippen molar-refractivity contribution in [2.45, 2.75) is 45.6 Å². The van der Waals surface area contributed by atoms with Crippen molar-refractivity contribution < 1.29 is 19.2 Å². The van der Waals surface area contributed by atoms with E-state index in [1.165, 1.54) is 4.90 Å². The van der Waals surface area contributed by atoms with Gasteiger partial charge in [-0.05, 0) is 33.1 Å². The number of carbonyl (C=O) groups is 2. The van der Waals surface area contributed by atoms with Crippen molar-refractivity contribution in [2.24, 2.45) is 0 Å². The molecule has 0 unspecified atom stereocenters. The minimum Gasteiger partial charge on any atom is -0.480 e. The molecular formula is C13H18N2O4. The third-order valence-corrected chi connectivity index (χ3v) is 3.62. The second-order valence-electron chi connectivity index (χ2n) is 4.92. The Labute approximate surface area is 111 Å². The van der Waals surface area contributed by atoms with Gasteiger partial charge >= 0.3 is 5.97 Å². The van der Waals surface area contributed by atoms with Crippen LogP contribution in [0, 0.1) is 13.8 Å². The van der Waals surface area contributed by atoms with Gasteiger partial charge in [0, 0.05) is 12.1 Å². The normalized spacial score (nSPS) is 19.5. The molecule has 1 fully saturated rings. The van der Waals surface area contributed by atoms with Gasteiger partial charge in [0.2, 0.25) is 5.91 Å². The molecule has 1 amide bonds. The van der Waals surface area contributed by atoms with Crippen molar-refractivity contribution >= 4 is 11.9 Å². The predicted octanol–water partition coefficient (Wildman–Crippen LogP) is 1.30. The van der Waals surface area contributed by atoms with E-state index in [2.05, 4.69) is 5.16 Å². The van der Waals surface area contributed by atoms with Crippen LogP contribution in [0.25, 0.3) is 0 Å². The Kier molecular flexibility index (Phi) is 3.87. The van der Waals surface area contributed by atoms with E-state index in [0.29, 0.717) is 24.4 Å². The summed E-state index contributed by atoms with van der Waals surface area (Å²) in [7, 11) is 0. The highest BCUT2D eigenvalue weighted by molar-refractivity contribution is 5.85. The number of carbonyl (C=O) groups excluding carboxylic acids is 1. The number of nitrogens with zero attached hydrogens (tertiary/aromatic N) is 2. The Morgan fingerprint density at radius 3 is 2.74 bits per heavy atom. The van der Waals surface area contributed by atoms with E-state index in [9.17, 15) is 9.59 Å². The highest BCUT2D eigenvalue weighted by Crippen LogP contribution is 2.20. The Morgan fingerprint density at radius 2 is 2.16 bits per heavy atom. The topological polar surface area (TPSA) is 83.6 Å². The van der Waals surface area contributed by atoms with Gasteiger partial charge < -0.3 is 14.5 Å². The highest BCUT2D eigenvalue weighted by atomic mass is 16.5. The fraction of sp³-hybridized carbons (Fsp3) is 0.615. The number of aromatic nitrogens is 1. The van der Waals surface area contributed by atoms with Gasteiger partial charge in [0.15, 0.2) is 0 Å². The average Bonchev–Trinajstić information content (AvgIpc) is 2.70. The third-order valence-electron chi connectivity index (χ3n) is 3.62. The van der Waals surface area contributed by atoms with Crippen LogP contribution in [0.4, 0.5) is 0 Å². The quantitative estimate of drug-likeness (QED) is 0.891. The molecule has 6 heteroatoms. The van der Waals surface area contributed by atoms with Crippen molar-refractivity contribution in [3.05, 3.63) is 17.0 Å². The minimum absolute atomic E-state index is 0.158. The summed E-state index contributed by atoms with van der Waals surface area (Å²) in [6.45, 7) is 4.05. The molecule has 0 aliphatic carbocycles. The minimum atomic E-state index is -0.924. The molecule has 0 aromatic carbocycles. The van der Waals surface area contributed by atoms with Crippen LogP contribution in [0.5, 0.6) is 0 Å². The molecule has 6 nitrogen and oxygen atoms in total. The molecule has 104 valence electrons. The Balaban J connectivity index is 2.12. The fourth-order valence-corrected chi connectivity index (χ4v) is 2.49. The lowest BCUT2D eigenvalue weighted by Crippen LogP contribution is -2.48. The van der Waals surface area contributed by atoms with Gasteiger partial charge in [-0.1, -0.05) is 5.16 Å². The number of aliphatic carboxylic acids is 1. The molecule has 2 rings (SSSR count). The zero-order valence-electron chi connectivity index (χ0n) is 11.2. The van der Waals surface area contributed by atoms with Gasteiger partial charge in [-0.25, -0.2) is 4.79 Å². The molecule has 0 radical (unpaired) electrons. The molecule has 0 bridgehead atoms. The second kappa shape index (κ2) is 5.42. The van der Waals surface area contributed by atoms with Gasteiger partial charge in [0.1, 0.15) is 11.8 Å². The summed E-state index contributed by atoms with van der Waals surface area (Å²) in [4.78, 5) is 24.9. The number of hydrogen-bond donors (Lipinski definition) is 1. The third kappa shape index (κ3) is 2.77. The summed E-state index contributed by atoms with van der Waals surface area (Å²) in [6, 6.07) is -0.693. The fourth-order valence-electron chi connectivity index (χ4n) is 2.49. The van der Waals surface area contributed by atoms with Gasteiger partial charge in [-0.3, -0.25) is 4.79 Å². The van der Waals surface area contributed by atoms with Crippen LogP contribution >= 0.6 is 0 Å². The van der Waals surface area contributed by atoms with Crippen LogP contribution < -0.4 is 0 Å². The van der Waals surface area contributed by atoms with E-state index in [1.807, 2.05) is 0 Å². The van der Waals surface area contributed by atoms with Crippen LogP contribution in [0.15, 0.2) is 4.52 Å². The van der Waals surface area contributed by atoms with E-state index in [-0.39, 0.29) is 12.3 Å². The summed E-state index contributed by atoms with van der Waals surface area (Å²) >= 11 is 0. The van der Waals surface area contributed by atoms with E-state index in [0.717, 1.165) is 18.4 Å². The van der Waals surface area contributed by atoms with Gasteiger partial charge in [-0.15, -0.1) is 0 Å². The SMILES string of the molecule is Cc1noc(C)c1CC(=O)N1CCCC[C@@H]1C(=O)O. The lowest BCUT2D eigenvalue weighted by molar-refractivity contribution is -0.151. The number of piperidine rings is 1. The van der Waals surface area contributed by atoms with Crippen molar-refractivity contribution in [3.8, 4) is 0 Å². The zero-order chi connectivity index (χ0) is 14.0. The van der Waals surface area contributed by atoms with E-state index >= 15 is 0 Å². The first-order valence-corrected chi connectivity index (χ1v) is 6.44. The molecule has 1 saturated heterocycles. The number of carboxylic acids is 1. The van der Waals surface area contributed by atoms with Crippen LogP contribution in [0.3, 0.4) is 0 Å². The first-order valence-electron chi connectivity index (χ1n) is 6.44. The summed E-state index contributed by atoms with van der Waals surface area (Å²) in [5.74, 6) is -0.469. The molecule has 1 aliphatic rings. The summed E-state index contributed by atoms with van der Waals surface area (Å²) < 4.78 is 5.02. The summed E-state index contributed by atoms with van der Waals surface area (Å²) in [6.07, 6.45) is 2.40. The summed E-state index contributed by atoms with van der Waals surface area (Å²) in [5.41, 5.74) is 1.45. The van der Waals surface area contributed by atoms with Crippen molar-refractivity contribution in [1.82, 2.24) is 10.1 Å². The molecule has 1 aromatic rings. The Hall–Kier alpha value is -1.85. The van der Waals surface area contributed by atoms with Gasteiger partial charge in [-0.2, -0.15) is 0 Å². The largest absolute Gasteiger partial charge is 0.480 e. The predicted molar refractivity (Wildman–Crippen MR) is 66.7 cm³/mol. The number of likely N-dealkylation sites (tertiary alicyclic amines) is 1. The van der Waals surface area contributed by atoms with Crippen molar-refractivity contribution in [1.29, 1.82) is 0 Å². The number of hydrogen-bond acceptors (Lipinski definition) is 4. The van der Waals surface area contributed by atoms with Crippen molar-refractivity contribution in [3.63, 3.8) is 0 Å². The molecule has 0 spiro atoms. The van der Waals surface area contributed by atoms with Gasteiger partial charge in [0.05, 0.1) is 12.1 Å². The molecule has 1 atom stereocenters. The molecule has 1 N–H and O–H groups in total. The smallest absolute Gasteiger partial charge is 0.326 e. The maximum atomic E-state index is 12.3.